The standard InChI is InChI=1S/C16H18N2O2/c17-14-8-6-13(7-9-14)15(19)11-18-16(20)10-12-4-2-1-3-5-12/h1-9,15,19H,10-11,17H2,(H,18,20). The second-order valence-corrected chi connectivity index (χ2v) is 4.65. The predicted molar refractivity (Wildman–Crippen MR) is 79.0 cm³/mol. The highest BCUT2D eigenvalue weighted by molar-refractivity contribution is 5.78. The van der Waals surface area contributed by atoms with Crippen molar-refractivity contribution in [1.29, 1.82) is 0 Å². The van der Waals surface area contributed by atoms with E-state index in [2.05, 4.69) is 5.32 Å². The summed E-state index contributed by atoms with van der Waals surface area (Å²) in [6.45, 7) is 0.190. The van der Waals surface area contributed by atoms with E-state index in [0.717, 1.165) is 11.1 Å². The minimum Gasteiger partial charge on any atom is -0.399 e. The van der Waals surface area contributed by atoms with Gasteiger partial charge in [-0.2, -0.15) is 0 Å². The third kappa shape index (κ3) is 4.10. The molecule has 0 fully saturated rings. The molecule has 2 rings (SSSR count). The SMILES string of the molecule is Nc1ccc(C(O)CNC(=O)Cc2ccccc2)cc1. The van der Waals surface area contributed by atoms with Crippen LogP contribution in [0.4, 0.5) is 5.69 Å². The summed E-state index contributed by atoms with van der Waals surface area (Å²) in [5.74, 6) is -0.106. The highest BCUT2D eigenvalue weighted by Crippen LogP contribution is 2.13. The normalized spacial score (nSPS) is 11.8. The smallest absolute Gasteiger partial charge is 0.224 e. The maximum atomic E-state index is 11.8. The van der Waals surface area contributed by atoms with Gasteiger partial charge >= 0.3 is 0 Å². The van der Waals surface area contributed by atoms with Crippen molar-refractivity contribution in [3.8, 4) is 0 Å². The third-order valence-electron chi connectivity index (χ3n) is 3.02. The lowest BCUT2D eigenvalue weighted by Crippen LogP contribution is -2.29. The Morgan fingerprint density at radius 2 is 1.75 bits per heavy atom. The van der Waals surface area contributed by atoms with Gasteiger partial charge in [0, 0.05) is 12.2 Å². The van der Waals surface area contributed by atoms with Gasteiger partial charge in [0.1, 0.15) is 0 Å². The fourth-order valence-electron chi connectivity index (χ4n) is 1.89. The number of carbonyl (C=O) groups excluding carboxylic acids is 1. The summed E-state index contributed by atoms with van der Waals surface area (Å²) in [6.07, 6.45) is -0.412. The lowest BCUT2D eigenvalue weighted by Gasteiger charge is -2.12. The Hall–Kier alpha value is -2.33. The first-order valence-corrected chi connectivity index (χ1v) is 6.49. The zero-order valence-corrected chi connectivity index (χ0v) is 11.1. The number of aliphatic hydroxyl groups excluding tert-OH is 1. The fraction of sp³-hybridized carbons (Fsp3) is 0.188. The van der Waals surface area contributed by atoms with E-state index in [-0.39, 0.29) is 12.5 Å². The predicted octanol–water partition coefficient (Wildman–Crippen LogP) is 1.66. The van der Waals surface area contributed by atoms with Crippen molar-refractivity contribution in [1.82, 2.24) is 5.32 Å². The molecule has 0 aromatic heterocycles. The molecule has 4 heteroatoms. The maximum Gasteiger partial charge on any atom is 0.224 e. The zero-order chi connectivity index (χ0) is 14.4. The molecular weight excluding hydrogens is 252 g/mol. The van der Waals surface area contributed by atoms with Crippen LogP contribution in [0.1, 0.15) is 17.2 Å². The Labute approximate surface area is 118 Å². The van der Waals surface area contributed by atoms with Crippen LogP contribution in [0.5, 0.6) is 0 Å². The lowest BCUT2D eigenvalue weighted by atomic mass is 10.1. The summed E-state index contributed by atoms with van der Waals surface area (Å²) in [7, 11) is 0. The molecule has 2 aromatic carbocycles. The van der Waals surface area contributed by atoms with Crippen molar-refractivity contribution < 1.29 is 9.90 Å². The number of anilines is 1. The molecule has 0 spiro atoms. The summed E-state index contributed by atoms with van der Waals surface area (Å²) in [6, 6.07) is 16.5. The summed E-state index contributed by atoms with van der Waals surface area (Å²) in [4.78, 5) is 11.8. The minimum absolute atomic E-state index is 0.106. The first-order valence-electron chi connectivity index (χ1n) is 6.49. The number of hydrogen-bond acceptors (Lipinski definition) is 3. The highest BCUT2D eigenvalue weighted by atomic mass is 16.3. The van der Waals surface area contributed by atoms with E-state index in [4.69, 9.17) is 5.73 Å². The highest BCUT2D eigenvalue weighted by Gasteiger charge is 2.09. The van der Waals surface area contributed by atoms with E-state index >= 15 is 0 Å². The Morgan fingerprint density at radius 1 is 1.10 bits per heavy atom. The van der Waals surface area contributed by atoms with Gasteiger partial charge in [0.2, 0.25) is 5.91 Å². The molecular formula is C16H18N2O2. The van der Waals surface area contributed by atoms with Gasteiger partial charge in [0.05, 0.1) is 12.5 Å². The molecule has 0 radical (unpaired) electrons. The number of nitrogens with two attached hydrogens (primary N) is 1. The number of aliphatic hydroxyl groups is 1. The van der Waals surface area contributed by atoms with E-state index in [1.165, 1.54) is 0 Å². The number of carbonyl (C=O) groups is 1. The van der Waals surface area contributed by atoms with Crippen molar-refractivity contribution in [3.63, 3.8) is 0 Å². The molecule has 1 amide bonds. The van der Waals surface area contributed by atoms with E-state index in [0.29, 0.717) is 12.1 Å². The van der Waals surface area contributed by atoms with Crippen LogP contribution >= 0.6 is 0 Å². The van der Waals surface area contributed by atoms with Crippen LogP contribution < -0.4 is 11.1 Å². The lowest BCUT2D eigenvalue weighted by molar-refractivity contribution is -0.120. The molecule has 2 aromatic rings. The first-order chi connectivity index (χ1) is 9.65. The van der Waals surface area contributed by atoms with Crippen LogP contribution in [0.15, 0.2) is 54.6 Å². The Morgan fingerprint density at radius 3 is 2.40 bits per heavy atom. The number of amides is 1. The topological polar surface area (TPSA) is 75.3 Å². The molecule has 0 aliphatic carbocycles. The number of nitrogens with one attached hydrogen (secondary N) is 1. The van der Waals surface area contributed by atoms with Crippen LogP contribution in [0.2, 0.25) is 0 Å². The van der Waals surface area contributed by atoms with Crippen molar-refractivity contribution >= 4 is 11.6 Å². The van der Waals surface area contributed by atoms with Crippen LogP contribution in [-0.4, -0.2) is 17.6 Å². The van der Waals surface area contributed by atoms with Crippen LogP contribution in [0.25, 0.3) is 0 Å². The van der Waals surface area contributed by atoms with Crippen molar-refractivity contribution in [2.45, 2.75) is 12.5 Å². The van der Waals surface area contributed by atoms with Gasteiger partial charge in [-0.3, -0.25) is 4.79 Å². The van der Waals surface area contributed by atoms with Gasteiger partial charge in [-0.05, 0) is 23.3 Å². The summed E-state index contributed by atoms with van der Waals surface area (Å²) in [5, 5.41) is 12.7. The second kappa shape index (κ2) is 6.73. The molecule has 20 heavy (non-hydrogen) atoms. The van der Waals surface area contributed by atoms with Crippen molar-refractivity contribution in [2.24, 2.45) is 0 Å². The van der Waals surface area contributed by atoms with Gasteiger partial charge < -0.3 is 16.2 Å². The summed E-state index contributed by atoms with van der Waals surface area (Å²) >= 11 is 0. The van der Waals surface area contributed by atoms with Gasteiger partial charge in [-0.1, -0.05) is 42.5 Å². The fourth-order valence-corrected chi connectivity index (χ4v) is 1.89. The Balaban J connectivity index is 1.82. The average Bonchev–Trinajstić information content (AvgIpc) is 2.46. The maximum absolute atomic E-state index is 11.8. The van der Waals surface area contributed by atoms with Crippen molar-refractivity contribution in [2.75, 3.05) is 12.3 Å². The molecule has 0 aliphatic rings. The molecule has 0 saturated heterocycles. The summed E-state index contributed by atoms with van der Waals surface area (Å²) in [5.41, 5.74) is 7.92. The van der Waals surface area contributed by atoms with E-state index < -0.39 is 6.10 Å². The molecule has 0 saturated carbocycles. The number of rotatable bonds is 5. The molecule has 1 atom stereocenters. The molecule has 4 N–H and O–H groups in total. The Bertz CT molecular complexity index is 552. The average molecular weight is 270 g/mol. The monoisotopic (exact) mass is 270 g/mol. The zero-order valence-electron chi connectivity index (χ0n) is 11.1. The number of hydrogen-bond donors (Lipinski definition) is 3. The third-order valence-corrected chi connectivity index (χ3v) is 3.02. The van der Waals surface area contributed by atoms with E-state index in [1.54, 1.807) is 24.3 Å². The van der Waals surface area contributed by atoms with Crippen LogP contribution in [0.3, 0.4) is 0 Å². The van der Waals surface area contributed by atoms with Crippen LogP contribution in [-0.2, 0) is 11.2 Å². The molecule has 0 heterocycles. The van der Waals surface area contributed by atoms with Gasteiger partial charge in [0.15, 0.2) is 0 Å². The largest absolute Gasteiger partial charge is 0.399 e. The molecule has 0 aliphatic heterocycles. The van der Waals surface area contributed by atoms with Gasteiger partial charge in [0.25, 0.3) is 0 Å². The molecule has 4 nitrogen and oxygen atoms in total. The van der Waals surface area contributed by atoms with Gasteiger partial charge in [-0.25, -0.2) is 0 Å². The second-order valence-electron chi connectivity index (χ2n) is 4.65. The van der Waals surface area contributed by atoms with Crippen molar-refractivity contribution in [3.05, 3.63) is 65.7 Å². The molecule has 0 bridgehead atoms. The number of benzene rings is 2. The van der Waals surface area contributed by atoms with Crippen LogP contribution in [0, 0.1) is 0 Å². The quantitative estimate of drug-likeness (QED) is 0.723. The Kier molecular flexibility index (Phi) is 4.74. The van der Waals surface area contributed by atoms with E-state index in [1.807, 2.05) is 30.3 Å². The first kappa shape index (κ1) is 14.1. The number of nitrogen functional groups attached to an aromatic ring is 1. The van der Waals surface area contributed by atoms with E-state index in [9.17, 15) is 9.90 Å². The van der Waals surface area contributed by atoms with Gasteiger partial charge in [-0.15, -0.1) is 0 Å². The molecule has 104 valence electrons. The minimum atomic E-state index is -0.727. The molecule has 1 unspecified atom stereocenters. The summed E-state index contributed by atoms with van der Waals surface area (Å²) < 4.78 is 0.